The maximum atomic E-state index is 12.3. The second-order valence-corrected chi connectivity index (χ2v) is 10.9. The highest BCUT2D eigenvalue weighted by molar-refractivity contribution is 7.92. The van der Waals surface area contributed by atoms with Gasteiger partial charge < -0.3 is 9.30 Å². The summed E-state index contributed by atoms with van der Waals surface area (Å²) in [6.07, 6.45) is 6.99. The summed E-state index contributed by atoms with van der Waals surface area (Å²) in [6, 6.07) is 15.9. The first-order valence-electron chi connectivity index (χ1n) is 12.0. The van der Waals surface area contributed by atoms with Crippen molar-refractivity contribution < 1.29 is 13.2 Å². The number of nitrogens with zero attached hydrogens (tertiary/aromatic N) is 4. The predicted octanol–water partition coefficient (Wildman–Crippen LogP) is 5.95. The van der Waals surface area contributed by atoms with Crippen molar-refractivity contribution in [1.29, 1.82) is 5.26 Å². The smallest absolute Gasteiger partial charge is 0.321 e. The first-order valence-corrected chi connectivity index (χ1v) is 13.7. The fourth-order valence-corrected chi connectivity index (χ4v) is 5.82. The van der Waals surface area contributed by atoms with Crippen LogP contribution in [0.25, 0.3) is 22.2 Å². The number of hydrogen-bond donors (Lipinski definition) is 1. The van der Waals surface area contributed by atoms with Crippen molar-refractivity contribution in [2.75, 3.05) is 10.5 Å². The van der Waals surface area contributed by atoms with Gasteiger partial charge in [0.25, 0.3) is 0 Å². The van der Waals surface area contributed by atoms with Crippen molar-refractivity contribution in [2.45, 2.75) is 45.6 Å². The van der Waals surface area contributed by atoms with Crippen molar-refractivity contribution in [1.82, 2.24) is 14.5 Å². The number of fused-ring (bicyclic) bond motifs is 1. The highest BCUT2D eigenvalue weighted by Crippen LogP contribution is 2.44. The molecule has 1 fully saturated rings. The number of benzene rings is 2. The first-order chi connectivity index (χ1) is 17.4. The fraction of sp³-hybridized carbons (Fsp3) is 0.296. The van der Waals surface area contributed by atoms with Crippen LogP contribution in [-0.2, 0) is 10.0 Å². The topological polar surface area (TPSA) is 110 Å². The summed E-state index contributed by atoms with van der Waals surface area (Å²) in [6.45, 7) is 3.78. The SMILES string of the molecule is CCCS(=O)(=O)Nc1ccc(-c2c(C#N)c3ccc(Oc4ncccn4)cc3n2C2CCC2)c(C)c1. The molecule has 0 amide bonds. The van der Waals surface area contributed by atoms with E-state index >= 15 is 0 Å². The molecule has 36 heavy (non-hydrogen) atoms. The van der Waals surface area contributed by atoms with Crippen LogP contribution in [0.4, 0.5) is 5.69 Å². The van der Waals surface area contributed by atoms with Gasteiger partial charge in [0.15, 0.2) is 0 Å². The highest BCUT2D eigenvalue weighted by Gasteiger charge is 2.28. The van der Waals surface area contributed by atoms with Gasteiger partial charge in [0.2, 0.25) is 10.0 Å². The average Bonchev–Trinajstić information content (AvgIpc) is 3.11. The minimum atomic E-state index is -3.39. The van der Waals surface area contributed by atoms with Crippen LogP contribution in [0.5, 0.6) is 11.8 Å². The molecule has 1 saturated carbocycles. The zero-order chi connectivity index (χ0) is 25.3. The summed E-state index contributed by atoms with van der Waals surface area (Å²) >= 11 is 0. The Morgan fingerprint density at radius 1 is 1.17 bits per heavy atom. The number of ether oxygens (including phenoxy) is 1. The average molecular weight is 502 g/mol. The summed E-state index contributed by atoms with van der Waals surface area (Å²) in [5.74, 6) is 0.668. The number of sulfonamides is 1. The van der Waals surface area contributed by atoms with E-state index in [1.54, 1.807) is 24.5 Å². The Hall–Kier alpha value is -3.90. The van der Waals surface area contributed by atoms with Gasteiger partial charge in [0.05, 0.1) is 22.5 Å². The van der Waals surface area contributed by atoms with Crippen LogP contribution in [0.15, 0.2) is 54.9 Å². The number of rotatable bonds is 8. The predicted molar refractivity (Wildman–Crippen MR) is 140 cm³/mol. The molecular weight excluding hydrogens is 474 g/mol. The van der Waals surface area contributed by atoms with E-state index < -0.39 is 10.0 Å². The summed E-state index contributed by atoms with van der Waals surface area (Å²) in [7, 11) is -3.39. The van der Waals surface area contributed by atoms with Gasteiger partial charge in [-0.05, 0) is 68.5 Å². The molecule has 8 nitrogen and oxygen atoms in total. The van der Waals surface area contributed by atoms with E-state index in [9.17, 15) is 13.7 Å². The van der Waals surface area contributed by atoms with Gasteiger partial charge in [-0.15, -0.1) is 0 Å². The molecular formula is C27H27N5O3S. The van der Waals surface area contributed by atoms with Crippen molar-refractivity contribution in [3.05, 3.63) is 66.0 Å². The van der Waals surface area contributed by atoms with Crippen LogP contribution in [0.3, 0.4) is 0 Å². The molecule has 0 atom stereocenters. The van der Waals surface area contributed by atoms with E-state index in [1.807, 2.05) is 44.2 Å². The van der Waals surface area contributed by atoms with Crippen molar-refractivity contribution in [3.63, 3.8) is 0 Å². The molecule has 0 bridgehead atoms. The molecule has 4 aromatic rings. The summed E-state index contributed by atoms with van der Waals surface area (Å²) in [4.78, 5) is 8.28. The molecule has 1 N–H and O–H groups in total. The Morgan fingerprint density at radius 2 is 1.94 bits per heavy atom. The van der Waals surface area contributed by atoms with Crippen molar-refractivity contribution >= 4 is 26.6 Å². The number of anilines is 1. The molecule has 2 heterocycles. The Kier molecular flexibility index (Phi) is 6.37. The third-order valence-corrected chi connectivity index (χ3v) is 8.00. The van der Waals surface area contributed by atoms with Crippen LogP contribution in [0.2, 0.25) is 0 Å². The van der Waals surface area contributed by atoms with Crippen LogP contribution in [0.1, 0.15) is 49.8 Å². The van der Waals surface area contributed by atoms with E-state index in [0.717, 1.165) is 47.0 Å². The summed E-state index contributed by atoms with van der Waals surface area (Å²) in [5.41, 5.74) is 4.69. The Labute approximate surface area is 210 Å². The monoisotopic (exact) mass is 501 g/mol. The van der Waals surface area contributed by atoms with Crippen LogP contribution >= 0.6 is 0 Å². The van der Waals surface area contributed by atoms with Gasteiger partial charge in [-0.1, -0.05) is 13.0 Å². The molecule has 2 aromatic heterocycles. The Morgan fingerprint density at radius 3 is 2.58 bits per heavy atom. The molecule has 0 spiro atoms. The molecule has 0 aliphatic heterocycles. The third kappa shape index (κ3) is 4.52. The normalized spacial score (nSPS) is 13.8. The van der Waals surface area contributed by atoms with E-state index in [-0.39, 0.29) is 17.8 Å². The molecule has 0 radical (unpaired) electrons. The van der Waals surface area contributed by atoms with Crippen LogP contribution < -0.4 is 9.46 Å². The highest BCUT2D eigenvalue weighted by atomic mass is 32.2. The number of nitriles is 1. The minimum Gasteiger partial charge on any atom is -0.424 e. The number of aromatic nitrogens is 3. The molecule has 184 valence electrons. The van der Waals surface area contributed by atoms with Crippen molar-refractivity contribution in [2.24, 2.45) is 0 Å². The van der Waals surface area contributed by atoms with E-state index in [0.29, 0.717) is 23.4 Å². The zero-order valence-electron chi connectivity index (χ0n) is 20.2. The van der Waals surface area contributed by atoms with Gasteiger partial charge in [0, 0.05) is 41.1 Å². The van der Waals surface area contributed by atoms with Gasteiger partial charge in [-0.25, -0.2) is 18.4 Å². The molecule has 0 unspecified atom stereocenters. The molecule has 2 aromatic carbocycles. The lowest BCUT2D eigenvalue weighted by Crippen LogP contribution is -2.18. The van der Waals surface area contributed by atoms with Gasteiger partial charge in [0.1, 0.15) is 11.8 Å². The minimum absolute atomic E-state index is 0.0702. The van der Waals surface area contributed by atoms with Gasteiger partial charge >= 0.3 is 6.01 Å². The zero-order valence-corrected chi connectivity index (χ0v) is 21.0. The lowest BCUT2D eigenvalue weighted by atomic mass is 9.91. The second kappa shape index (κ2) is 9.63. The van der Waals surface area contributed by atoms with Gasteiger partial charge in [-0.2, -0.15) is 5.26 Å². The van der Waals surface area contributed by atoms with E-state index in [4.69, 9.17) is 4.74 Å². The standard InChI is InChI=1S/C27H27N5O3S/c1-3-14-36(33,34)31-19-8-10-22(18(2)15-19)26-24(17-28)23-11-9-21(35-27-29-12-5-13-30-27)16-25(23)32(26)20-6-4-7-20/h5,8-13,15-16,20,31H,3-4,6-7,14H2,1-2H3. The molecule has 0 saturated heterocycles. The number of nitrogens with one attached hydrogen (secondary N) is 1. The van der Waals surface area contributed by atoms with Gasteiger partial charge in [-0.3, -0.25) is 4.72 Å². The second-order valence-electron chi connectivity index (χ2n) is 9.05. The van der Waals surface area contributed by atoms with Crippen LogP contribution in [-0.4, -0.2) is 28.7 Å². The molecule has 1 aliphatic rings. The fourth-order valence-electron chi connectivity index (χ4n) is 4.69. The lowest BCUT2D eigenvalue weighted by molar-refractivity contribution is 0.324. The summed E-state index contributed by atoms with van der Waals surface area (Å²) < 4.78 is 35.3. The molecule has 1 aliphatic carbocycles. The first kappa shape index (κ1) is 23.8. The van der Waals surface area contributed by atoms with Crippen LogP contribution in [0, 0.1) is 18.3 Å². The number of aryl methyl sites for hydroxylation is 1. The van der Waals surface area contributed by atoms with E-state index in [1.165, 1.54) is 0 Å². The van der Waals surface area contributed by atoms with Crippen molar-refractivity contribution in [3.8, 4) is 29.1 Å². The number of hydrogen-bond acceptors (Lipinski definition) is 6. The molecule has 5 rings (SSSR count). The quantitative estimate of drug-likeness (QED) is 0.320. The maximum absolute atomic E-state index is 12.3. The third-order valence-electron chi connectivity index (χ3n) is 6.51. The Balaban J connectivity index is 1.63. The maximum Gasteiger partial charge on any atom is 0.321 e. The van der Waals surface area contributed by atoms with E-state index in [2.05, 4.69) is 25.3 Å². The summed E-state index contributed by atoms with van der Waals surface area (Å²) in [5, 5.41) is 11.1. The lowest BCUT2D eigenvalue weighted by Gasteiger charge is -2.30. The largest absolute Gasteiger partial charge is 0.424 e. The molecule has 9 heteroatoms. The Bertz CT molecular complexity index is 1570.